The van der Waals surface area contributed by atoms with Crippen molar-refractivity contribution in [1.82, 2.24) is 4.90 Å². The second kappa shape index (κ2) is 5.82. The minimum atomic E-state index is -0.425. The molecule has 2 atom stereocenters. The van der Waals surface area contributed by atoms with Crippen LogP contribution in [0.25, 0.3) is 0 Å². The molecule has 0 aliphatic heterocycles. The lowest BCUT2D eigenvalue weighted by molar-refractivity contribution is -0.134. The maximum absolute atomic E-state index is 12.1. The van der Waals surface area contributed by atoms with Crippen molar-refractivity contribution in [3.63, 3.8) is 0 Å². The van der Waals surface area contributed by atoms with Crippen molar-refractivity contribution in [1.29, 1.82) is 0 Å². The van der Waals surface area contributed by atoms with Crippen molar-refractivity contribution in [3.8, 4) is 0 Å². The van der Waals surface area contributed by atoms with E-state index in [1.54, 1.807) is 4.90 Å². The SMILES string of the molecule is CC(C)[C@@H](N)C(=O)N(C)[C@H](C)c1ccccc1. The molecule has 94 valence electrons. The van der Waals surface area contributed by atoms with Gasteiger partial charge in [0, 0.05) is 7.05 Å². The highest BCUT2D eigenvalue weighted by Gasteiger charge is 2.24. The highest BCUT2D eigenvalue weighted by molar-refractivity contribution is 5.82. The Labute approximate surface area is 104 Å². The van der Waals surface area contributed by atoms with E-state index in [9.17, 15) is 4.79 Å². The molecule has 3 nitrogen and oxygen atoms in total. The van der Waals surface area contributed by atoms with Crippen LogP contribution in [-0.4, -0.2) is 23.9 Å². The summed E-state index contributed by atoms with van der Waals surface area (Å²) in [5.41, 5.74) is 7.01. The van der Waals surface area contributed by atoms with Gasteiger partial charge in [0.05, 0.1) is 12.1 Å². The summed E-state index contributed by atoms with van der Waals surface area (Å²) >= 11 is 0. The molecule has 0 saturated carbocycles. The van der Waals surface area contributed by atoms with Gasteiger partial charge in [0.2, 0.25) is 5.91 Å². The summed E-state index contributed by atoms with van der Waals surface area (Å²) in [6.07, 6.45) is 0. The predicted molar refractivity (Wildman–Crippen MR) is 70.4 cm³/mol. The smallest absolute Gasteiger partial charge is 0.239 e. The van der Waals surface area contributed by atoms with E-state index in [2.05, 4.69) is 0 Å². The summed E-state index contributed by atoms with van der Waals surface area (Å²) in [5, 5.41) is 0. The topological polar surface area (TPSA) is 46.3 Å². The number of nitrogens with two attached hydrogens (primary N) is 1. The molecule has 0 unspecified atom stereocenters. The molecule has 0 heterocycles. The highest BCUT2D eigenvalue weighted by atomic mass is 16.2. The average Bonchev–Trinajstić information content (AvgIpc) is 2.36. The highest BCUT2D eigenvalue weighted by Crippen LogP contribution is 2.19. The maximum atomic E-state index is 12.1. The fraction of sp³-hybridized carbons (Fsp3) is 0.500. The Balaban J connectivity index is 2.77. The van der Waals surface area contributed by atoms with Crippen molar-refractivity contribution >= 4 is 5.91 Å². The van der Waals surface area contributed by atoms with Crippen LogP contribution in [0.5, 0.6) is 0 Å². The van der Waals surface area contributed by atoms with Gasteiger partial charge in [0.15, 0.2) is 0 Å². The molecule has 0 saturated heterocycles. The van der Waals surface area contributed by atoms with E-state index in [1.165, 1.54) is 0 Å². The molecule has 0 bridgehead atoms. The lowest BCUT2D eigenvalue weighted by atomic mass is 10.0. The zero-order chi connectivity index (χ0) is 13.0. The second-order valence-electron chi connectivity index (χ2n) is 4.81. The number of amides is 1. The van der Waals surface area contributed by atoms with Crippen LogP contribution in [0, 0.1) is 5.92 Å². The lowest BCUT2D eigenvalue weighted by Gasteiger charge is -2.29. The van der Waals surface area contributed by atoms with Crippen LogP contribution in [0.4, 0.5) is 0 Å². The van der Waals surface area contributed by atoms with Gasteiger partial charge >= 0.3 is 0 Å². The van der Waals surface area contributed by atoms with E-state index in [4.69, 9.17) is 5.73 Å². The number of carbonyl (C=O) groups is 1. The molecular weight excluding hydrogens is 212 g/mol. The maximum Gasteiger partial charge on any atom is 0.239 e. The molecule has 1 amide bonds. The number of hydrogen-bond acceptors (Lipinski definition) is 2. The molecule has 0 fully saturated rings. The Hall–Kier alpha value is -1.35. The standard InChI is InChI=1S/C14H22N2O/c1-10(2)13(15)14(17)16(4)11(3)12-8-6-5-7-9-12/h5-11,13H,15H2,1-4H3/t11-,13-/m1/s1. The summed E-state index contributed by atoms with van der Waals surface area (Å²) in [6, 6.07) is 9.60. The number of likely N-dealkylation sites (N-methyl/N-ethyl adjacent to an activating group) is 1. The third-order valence-corrected chi connectivity index (χ3v) is 3.21. The van der Waals surface area contributed by atoms with Gasteiger partial charge in [-0.15, -0.1) is 0 Å². The van der Waals surface area contributed by atoms with E-state index in [0.29, 0.717) is 0 Å². The minimum absolute atomic E-state index is 0.00338. The van der Waals surface area contributed by atoms with Crippen molar-refractivity contribution in [2.45, 2.75) is 32.9 Å². The first-order chi connectivity index (χ1) is 7.95. The number of benzene rings is 1. The molecule has 0 aromatic heterocycles. The molecule has 0 aliphatic rings. The Morgan fingerprint density at radius 2 is 1.71 bits per heavy atom. The first kappa shape index (κ1) is 13.7. The fourth-order valence-corrected chi connectivity index (χ4v) is 1.67. The van der Waals surface area contributed by atoms with Gasteiger partial charge in [-0.3, -0.25) is 4.79 Å². The monoisotopic (exact) mass is 234 g/mol. The van der Waals surface area contributed by atoms with Gasteiger partial charge in [0.1, 0.15) is 0 Å². The van der Waals surface area contributed by atoms with Crippen LogP contribution in [0.2, 0.25) is 0 Å². The molecular formula is C14H22N2O. The molecule has 0 spiro atoms. The molecule has 3 heteroatoms. The lowest BCUT2D eigenvalue weighted by Crippen LogP contribution is -2.45. The summed E-state index contributed by atoms with van der Waals surface area (Å²) in [4.78, 5) is 13.8. The first-order valence-corrected chi connectivity index (χ1v) is 6.02. The quantitative estimate of drug-likeness (QED) is 0.868. The zero-order valence-electron chi connectivity index (χ0n) is 11.1. The van der Waals surface area contributed by atoms with Crippen LogP contribution in [0.1, 0.15) is 32.4 Å². The number of nitrogens with zero attached hydrogens (tertiary/aromatic N) is 1. The third kappa shape index (κ3) is 3.30. The van der Waals surface area contributed by atoms with Crippen molar-refractivity contribution in [2.75, 3.05) is 7.05 Å². The van der Waals surface area contributed by atoms with Gasteiger partial charge in [-0.1, -0.05) is 44.2 Å². The first-order valence-electron chi connectivity index (χ1n) is 6.02. The summed E-state index contributed by atoms with van der Waals surface area (Å²) in [6.45, 7) is 5.94. The van der Waals surface area contributed by atoms with E-state index < -0.39 is 6.04 Å². The van der Waals surface area contributed by atoms with Gasteiger partial charge in [-0.05, 0) is 18.4 Å². The average molecular weight is 234 g/mol. The van der Waals surface area contributed by atoms with Crippen molar-refractivity contribution in [3.05, 3.63) is 35.9 Å². The van der Waals surface area contributed by atoms with Crippen LogP contribution in [-0.2, 0) is 4.79 Å². The summed E-state index contributed by atoms with van der Waals surface area (Å²) in [5.74, 6) is 0.157. The van der Waals surface area contributed by atoms with Crippen LogP contribution >= 0.6 is 0 Å². The van der Waals surface area contributed by atoms with Crippen LogP contribution in [0.3, 0.4) is 0 Å². The fourth-order valence-electron chi connectivity index (χ4n) is 1.67. The molecule has 0 radical (unpaired) electrons. The molecule has 1 rings (SSSR count). The van der Waals surface area contributed by atoms with E-state index in [1.807, 2.05) is 58.2 Å². The van der Waals surface area contributed by atoms with Gasteiger partial charge in [0.25, 0.3) is 0 Å². The van der Waals surface area contributed by atoms with Crippen LogP contribution in [0.15, 0.2) is 30.3 Å². The van der Waals surface area contributed by atoms with Gasteiger partial charge in [-0.25, -0.2) is 0 Å². The second-order valence-corrected chi connectivity index (χ2v) is 4.81. The zero-order valence-corrected chi connectivity index (χ0v) is 11.1. The van der Waals surface area contributed by atoms with Gasteiger partial charge in [-0.2, -0.15) is 0 Å². The molecule has 2 N–H and O–H groups in total. The molecule has 17 heavy (non-hydrogen) atoms. The number of carbonyl (C=O) groups excluding carboxylic acids is 1. The summed E-state index contributed by atoms with van der Waals surface area (Å²) < 4.78 is 0. The number of hydrogen-bond donors (Lipinski definition) is 1. The molecule has 0 aliphatic carbocycles. The number of rotatable bonds is 4. The Morgan fingerprint density at radius 1 is 1.18 bits per heavy atom. The largest absolute Gasteiger partial charge is 0.338 e. The molecule has 1 aromatic rings. The minimum Gasteiger partial charge on any atom is -0.338 e. The Morgan fingerprint density at radius 3 is 2.18 bits per heavy atom. The third-order valence-electron chi connectivity index (χ3n) is 3.21. The molecule has 1 aromatic carbocycles. The Bertz CT molecular complexity index is 362. The summed E-state index contributed by atoms with van der Waals surface area (Å²) in [7, 11) is 1.81. The van der Waals surface area contributed by atoms with Crippen LogP contribution < -0.4 is 5.73 Å². The predicted octanol–water partition coefficient (Wildman–Crippen LogP) is 2.19. The van der Waals surface area contributed by atoms with E-state index in [0.717, 1.165) is 5.56 Å². The van der Waals surface area contributed by atoms with Gasteiger partial charge < -0.3 is 10.6 Å². The normalized spacial score (nSPS) is 14.5. The Kier molecular flexibility index (Phi) is 4.70. The van der Waals surface area contributed by atoms with Crippen molar-refractivity contribution < 1.29 is 4.79 Å². The van der Waals surface area contributed by atoms with E-state index >= 15 is 0 Å². The van der Waals surface area contributed by atoms with Crippen molar-refractivity contribution in [2.24, 2.45) is 11.7 Å². The van der Waals surface area contributed by atoms with E-state index in [-0.39, 0.29) is 17.9 Å².